The van der Waals surface area contributed by atoms with E-state index in [0.29, 0.717) is 5.92 Å². The van der Waals surface area contributed by atoms with Crippen molar-refractivity contribution in [2.24, 2.45) is 5.92 Å². The van der Waals surface area contributed by atoms with Crippen molar-refractivity contribution in [2.45, 2.75) is 63.1 Å². The molecule has 33 heavy (non-hydrogen) atoms. The molecule has 0 heterocycles. The van der Waals surface area contributed by atoms with Gasteiger partial charge in [-0.2, -0.15) is 0 Å². The van der Waals surface area contributed by atoms with Crippen LogP contribution in [-0.2, 0) is 10.3 Å². The summed E-state index contributed by atoms with van der Waals surface area (Å²) in [6.07, 6.45) is 11.9. The zero-order valence-corrected chi connectivity index (χ0v) is 20.0. The Labute approximate surface area is 212 Å². The molecule has 1 atom stereocenters. The van der Waals surface area contributed by atoms with Gasteiger partial charge in [-0.25, -0.2) is 6.08 Å². The summed E-state index contributed by atoms with van der Waals surface area (Å²) >= 11 is 0. The predicted molar refractivity (Wildman–Crippen MR) is 133 cm³/mol. The van der Waals surface area contributed by atoms with Crippen LogP contribution in [0.25, 0.3) is 0 Å². The number of hydrogen-bond acceptors (Lipinski definition) is 1. The summed E-state index contributed by atoms with van der Waals surface area (Å²) < 4.78 is 7.14. The van der Waals surface area contributed by atoms with Crippen LogP contribution < -0.4 is 18.9 Å². The zero-order chi connectivity index (χ0) is 22.1. The fourth-order valence-corrected chi connectivity index (χ4v) is 5.22. The van der Waals surface area contributed by atoms with Crippen molar-refractivity contribution < 1.29 is 23.6 Å². The van der Waals surface area contributed by atoms with Crippen LogP contribution in [0.5, 0.6) is 0 Å². The Morgan fingerprint density at radius 1 is 0.697 bits per heavy atom. The molecule has 0 saturated heterocycles. The summed E-state index contributed by atoms with van der Waals surface area (Å²) in [5, 5.41) is 0. The standard InChI is InChI=1S/C31H35O.Li/c1-2-30(25-26-17-9-4-3-5-10-18-26)32-31(27-19-11-6-12-20-27,28-21-13-7-14-22-28)29-23-15-8-16-24-29;/h1-2,6-8,11-16,19-24,26,30H,3-5,9-10,17-18,25H2;/q-1;+1. The van der Waals surface area contributed by atoms with Crippen LogP contribution in [0.3, 0.4) is 0 Å². The van der Waals surface area contributed by atoms with E-state index in [1.807, 2.05) is 0 Å². The van der Waals surface area contributed by atoms with E-state index < -0.39 is 5.60 Å². The van der Waals surface area contributed by atoms with Gasteiger partial charge in [0.1, 0.15) is 5.60 Å². The summed E-state index contributed by atoms with van der Waals surface area (Å²) in [6.45, 7) is 6.25. The van der Waals surface area contributed by atoms with E-state index in [4.69, 9.17) is 11.3 Å². The maximum absolute atomic E-state index is 7.14. The van der Waals surface area contributed by atoms with Gasteiger partial charge < -0.3 is 11.3 Å². The van der Waals surface area contributed by atoms with Crippen LogP contribution in [0.2, 0.25) is 0 Å². The minimum Gasteiger partial charge on any atom is -0.515 e. The van der Waals surface area contributed by atoms with Crippen molar-refractivity contribution in [1.29, 1.82) is 0 Å². The maximum atomic E-state index is 7.14. The smallest absolute Gasteiger partial charge is 0.515 e. The molecule has 2 heteroatoms. The molecule has 1 unspecified atom stereocenters. The molecule has 1 aliphatic carbocycles. The molecule has 0 radical (unpaired) electrons. The Hall–Kier alpha value is -2.04. The van der Waals surface area contributed by atoms with Gasteiger partial charge in [0.05, 0.1) is 0 Å². The molecule has 0 bridgehead atoms. The van der Waals surface area contributed by atoms with Gasteiger partial charge in [-0.1, -0.05) is 136 Å². The second kappa shape index (κ2) is 13.0. The van der Waals surface area contributed by atoms with Crippen LogP contribution in [0, 0.1) is 12.5 Å². The molecule has 3 aromatic carbocycles. The summed E-state index contributed by atoms with van der Waals surface area (Å²) in [4.78, 5) is 0. The zero-order valence-electron chi connectivity index (χ0n) is 20.0. The molecule has 1 aliphatic rings. The van der Waals surface area contributed by atoms with Gasteiger partial charge in [-0.3, -0.25) is 0 Å². The van der Waals surface area contributed by atoms with Gasteiger partial charge >= 0.3 is 18.9 Å². The van der Waals surface area contributed by atoms with Gasteiger partial charge in [0.15, 0.2) is 0 Å². The Morgan fingerprint density at radius 3 is 1.48 bits per heavy atom. The van der Waals surface area contributed by atoms with E-state index in [9.17, 15) is 0 Å². The Morgan fingerprint density at radius 2 is 1.09 bits per heavy atom. The normalized spacial score (nSPS) is 16.1. The van der Waals surface area contributed by atoms with Gasteiger partial charge in [0, 0.05) is 6.10 Å². The van der Waals surface area contributed by atoms with Gasteiger partial charge in [-0.05, 0) is 29.0 Å². The Kier molecular flexibility index (Phi) is 10.1. The molecule has 166 valence electrons. The topological polar surface area (TPSA) is 9.23 Å². The molecule has 1 saturated carbocycles. The first-order valence-electron chi connectivity index (χ1n) is 12.2. The molecule has 0 aliphatic heterocycles. The van der Waals surface area contributed by atoms with Crippen molar-refractivity contribution in [3.8, 4) is 0 Å². The SMILES string of the molecule is [CH-]=CC(CC1CCCCCCC1)OC(c1ccccc1)(c1ccccc1)c1ccccc1.[Li+]. The van der Waals surface area contributed by atoms with Crippen molar-refractivity contribution in [1.82, 2.24) is 0 Å². The third kappa shape index (κ3) is 6.30. The predicted octanol–water partition coefficient (Wildman–Crippen LogP) is 5.11. The molecule has 1 nitrogen and oxygen atoms in total. The fourth-order valence-electron chi connectivity index (χ4n) is 5.22. The summed E-state index contributed by atoms with van der Waals surface area (Å²) in [5.41, 5.74) is 2.66. The second-order valence-electron chi connectivity index (χ2n) is 9.07. The second-order valence-corrected chi connectivity index (χ2v) is 9.07. The minimum absolute atomic E-state index is 0. The van der Waals surface area contributed by atoms with Crippen LogP contribution >= 0.6 is 0 Å². The quantitative estimate of drug-likeness (QED) is 0.274. The summed E-state index contributed by atoms with van der Waals surface area (Å²) in [6, 6.07) is 31.8. The van der Waals surface area contributed by atoms with E-state index >= 15 is 0 Å². The number of ether oxygens (including phenoxy) is 1. The maximum Gasteiger partial charge on any atom is 1.00 e. The molecule has 0 amide bonds. The molecule has 1 fully saturated rings. The van der Waals surface area contributed by atoms with Crippen LogP contribution in [0.4, 0.5) is 0 Å². The van der Waals surface area contributed by atoms with E-state index in [-0.39, 0.29) is 25.0 Å². The first kappa shape index (κ1) is 25.6. The molecular formula is C31H35LiO. The third-order valence-corrected chi connectivity index (χ3v) is 6.87. The molecule has 3 aromatic rings. The average Bonchev–Trinajstić information content (AvgIpc) is 2.85. The summed E-state index contributed by atoms with van der Waals surface area (Å²) in [5.74, 6) is 0.667. The minimum atomic E-state index is -0.716. The average molecular weight is 431 g/mol. The van der Waals surface area contributed by atoms with Crippen molar-refractivity contribution in [2.75, 3.05) is 0 Å². The van der Waals surface area contributed by atoms with E-state index in [1.165, 1.54) is 44.9 Å². The fraction of sp³-hybridized carbons (Fsp3) is 0.355. The van der Waals surface area contributed by atoms with E-state index in [1.54, 1.807) is 6.08 Å². The van der Waals surface area contributed by atoms with Gasteiger partial charge in [0.25, 0.3) is 0 Å². The van der Waals surface area contributed by atoms with Gasteiger partial charge in [0.2, 0.25) is 0 Å². The molecular weight excluding hydrogens is 395 g/mol. The van der Waals surface area contributed by atoms with Crippen LogP contribution in [0.1, 0.15) is 68.1 Å². The number of benzene rings is 3. The third-order valence-electron chi connectivity index (χ3n) is 6.87. The first-order valence-corrected chi connectivity index (χ1v) is 12.2. The van der Waals surface area contributed by atoms with Crippen molar-refractivity contribution in [3.05, 3.63) is 120 Å². The van der Waals surface area contributed by atoms with Crippen molar-refractivity contribution in [3.63, 3.8) is 0 Å². The Balaban J connectivity index is 0.00000306. The number of hydrogen-bond donors (Lipinski definition) is 0. The van der Waals surface area contributed by atoms with Crippen LogP contribution in [0.15, 0.2) is 97.1 Å². The van der Waals surface area contributed by atoms with Gasteiger partial charge in [-0.15, -0.1) is 0 Å². The van der Waals surface area contributed by atoms with Crippen molar-refractivity contribution >= 4 is 0 Å². The Bertz CT molecular complexity index is 834. The van der Waals surface area contributed by atoms with E-state index in [0.717, 1.165) is 23.1 Å². The number of rotatable bonds is 8. The molecule has 0 N–H and O–H groups in total. The van der Waals surface area contributed by atoms with Crippen LogP contribution in [-0.4, -0.2) is 6.10 Å². The summed E-state index contributed by atoms with van der Waals surface area (Å²) in [7, 11) is 0. The molecule has 0 spiro atoms. The molecule has 0 aromatic heterocycles. The largest absolute Gasteiger partial charge is 1.00 e. The molecule has 4 rings (SSSR count). The first-order chi connectivity index (χ1) is 15.8. The van der Waals surface area contributed by atoms with E-state index in [2.05, 4.69) is 91.0 Å². The monoisotopic (exact) mass is 430 g/mol.